The van der Waals surface area contributed by atoms with Crippen LogP contribution in [0, 0.1) is 0 Å². The van der Waals surface area contributed by atoms with Crippen LogP contribution in [-0.4, -0.2) is 32.5 Å². The number of aromatic hydroxyl groups is 2. The molecule has 0 aromatic heterocycles. The van der Waals surface area contributed by atoms with Gasteiger partial charge >= 0.3 is 5.97 Å². The molecule has 3 rings (SSSR count). The number of carboxylic acids is 1. The first-order valence-corrected chi connectivity index (χ1v) is 9.35. The summed E-state index contributed by atoms with van der Waals surface area (Å²) in [6.07, 6.45) is 6.87. The molecular weight excluding hydrogens is 330 g/mol. The molecule has 1 heterocycles. The summed E-state index contributed by atoms with van der Waals surface area (Å²) in [5.41, 5.74) is 2.50. The van der Waals surface area contributed by atoms with Crippen molar-refractivity contribution in [3.05, 3.63) is 34.4 Å². The van der Waals surface area contributed by atoms with Crippen molar-refractivity contribution >= 4 is 11.7 Å². The van der Waals surface area contributed by atoms with Crippen LogP contribution in [0.3, 0.4) is 0 Å². The summed E-state index contributed by atoms with van der Waals surface area (Å²) in [7, 11) is 0. The van der Waals surface area contributed by atoms with Gasteiger partial charge in [-0.15, -0.1) is 0 Å². The number of aryl methyl sites for hydroxylation is 1. The van der Waals surface area contributed by atoms with E-state index < -0.39 is 11.5 Å². The van der Waals surface area contributed by atoms with Crippen LogP contribution < -0.4 is 0 Å². The van der Waals surface area contributed by atoms with E-state index in [2.05, 4.69) is 18.0 Å². The monoisotopic (exact) mass is 357 g/mol. The molecule has 26 heavy (non-hydrogen) atoms. The van der Waals surface area contributed by atoms with Crippen LogP contribution in [0.5, 0.6) is 11.5 Å². The van der Waals surface area contributed by atoms with Gasteiger partial charge < -0.3 is 15.3 Å². The van der Waals surface area contributed by atoms with Gasteiger partial charge in [-0.2, -0.15) is 0 Å². The van der Waals surface area contributed by atoms with E-state index in [1.54, 1.807) is 0 Å². The molecule has 0 unspecified atom stereocenters. The number of unbranched alkanes of at least 4 members (excludes halogenated alkanes) is 2. The molecule has 5 heteroatoms. The van der Waals surface area contributed by atoms with Gasteiger partial charge in [-0.3, -0.25) is 4.99 Å². The van der Waals surface area contributed by atoms with Crippen LogP contribution in [0.15, 0.2) is 22.7 Å². The summed E-state index contributed by atoms with van der Waals surface area (Å²) in [4.78, 5) is 16.4. The summed E-state index contributed by atoms with van der Waals surface area (Å²) in [6, 6.07) is 1.53. The minimum absolute atomic E-state index is 0.0204. The summed E-state index contributed by atoms with van der Waals surface area (Å²) < 4.78 is 0. The van der Waals surface area contributed by atoms with Crippen LogP contribution in [-0.2, 0) is 6.42 Å². The van der Waals surface area contributed by atoms with Crippen molar-refractivity contribution in [2.75, 3.05) is 0 Å². The lowest BCUT2D eigenvalue weighted by Crippen LogP contribution is -2.30. The van der Waals surface area contributed by atoms with Crippen molar-refractivity contribution in [3.63, 3.8) is 0 Å². The number of phenols is 2. The minimum Gasteiger partial charge on any atom is -0.508 e. The Morgan fingerprint density at radius 3 is 2.58 bits per heavy atom. The smallest absolute Gasteiger partial charge is 0.339 e. The maximum Gasteiger partial charge on any atom is 0.339 e. The Labute approximate surface area is 154 Å². The van der Waals surface area contributed by atoms with E-state index in [4.69, 9.17) is 0 Å². The Morgan fingerprint density at radius 1 is 1.31 bits per heavy atom. The average Bonchev–Trinajstić information content (AvgIpc) is 3.21. The third kappa shape index (κ3) is 3.00. The van der Waals surface area contributed by atoms with Crippen molar-refractivity contribution in [1.82, 2.24) is 0 Å². The first-order chi connectivity index (χ1) is 12.3. The number of allylic oxidation sites excluding steroid dienone is 1. The van der Waals surface area contributed by atoms with Gasteiger partial charge in [0.25, 0.3) is 0 Å². The summed E-state index contributed by atoms with van der Waals surface area (Å²) in [5.74, 6) is -1.69. The fourth-order valence-corrected chi connectivity index (χ4v) is 4.25. The number of carboxylic acid groups (broad SMARTS) is 1. The highest BCUT2D eigenvalue weighted by Gasteiger charge is 2.53. The molecule has 0 saturated carbocycles. The van der Waals surface area contributed by atoms with Crippen molar-refractivity contribution < 1.29 is 20.1 Å². The van der Waals surface area contributed by atoms with Crippen LogP contribution in [0.2, 0.25) is 0 Å². The van der Waals surface area contributed by atoms with Crippen LogP contribution in [0.1, 0.15) is 80.3 Å². The van der Waals surface area contributed by atoms with Crippen LogP contribution in [0.25, 0.3) is 0 Å². The second-order valence-electron chi connectivity index (χ2n) is 7.59. The van der Waals surface area contributed by atoms with Gasteiger partial charge in [-0.05, 0) is 51.2 Å². The number of phenolic OH excluding ortho intramolecular Hbond substituents is 1. The van der Waals surface area contributed by atoms with E-state index >= 15 is 0 Å². The van der Waals surface area contributed by atoms with Crippen molar-refractivity contribution in [2.45, 2.75) is 70.8 Å². The Hall–Kier alpha value is -2.30. The molecule has 140 valence electrons. The normalized spacial score (nSPS) is 24.3. The lowest BCUT2D eigenvalue weighted by molar-refractivity contribution is 0.0692. The third-order valence-electron chi connectivity index (χ3n) is 5.82. The van der Waals surface area contributed by atoms with Crippen molar-refractivity contribution in [3.8, 4) is 11.5 Å². The van der Waals surface area contributed by atoms with Crippen molar-refractivity contribution in [2.24, 2.45) is 4.99 Å². The molecule has 0 bridgehead atoms. The predicted octanol–water partition coefficient (Wildman–Crippen LogP) is 4.57. The Balaban J connectivity index is 2.06. The number of aliphatic imine (C=N–C) groups is 1. The standard InChI is InChI=1S/C21H27NO4/c1-4-5-6-7-14-11-16(23)18(19(24)17(14)20(25)26)15-10-12(2)8-9-21(15)13(3)22-21/h8,11,15,23-24H,4-7,9-10H2,1-3H3,(H,25,26)/t15-,21+/m0/s1. The van der Waals surface area contributed by atoms with Crippen LogP contribution in [0.4, 0.5) is 0 Å². The van der Waals surface area contributed by atoms with E-state index in [9.17, 15) is 20.1 Å². The number of nitrogens with zero attached hydrogens (tertiary/aromatic N) is 1. The lowest BCUT2D eigenvalue weighted by atomic mass is 9.71. The van der Waals surface area contributed by atoms with Crippen molar-refractivity contribution in [1.29, 1.82) is 0 Å². The third-order valence-corrected chi connectivity index (χ3v) is 5.82. The molecule has 3 N–H and O–H groups in total. The lowest BCUT2D eigenvalue weighted by Gasteiger charge is -2.32. The van der Waals surface area contributed by atoms with Gasteiger partial charge in [0.15, 0.2) is 0 Å². The molecule has 1 aliphatic heterocycles. The highest BCUT2D eigenvalue weighted by Crippen LogP contribution is 2.55. The molecule has 2 atom stereocenters. The highest BCUT2D eigenvalue weighted by molar-refractivity contribution is 6.05. The van der Waals surface area contributed by atoms with Gasteiger partial charge in [-0.1, -0.05) is 31.4 Å². The van der Waals surface area contributed by atoms with E-state index in [1.165, 1.54) is 11.6 Å². The first-order valence-electron chi connectivity index (χ1n) is 9.35. The summed E-state index contributed by atoms with van der Waals surface area (Å²) in [5, 5.41) is 31.2. The zero-order chi connectivity index (χ0) is 19.1. The maximum atomic E-state index is 11.8. The van der Waals surface area contributed by atoms with Gasteiger partial charge in [0.05, 0.1) is 0 Å². The molecule has 0 amide bonds. The molecule has 1 aromatic rings. The topological polar surface area (TPSA) is 90.1 Å². The second-order valence-corrected chi connectivity index (χ2v) is 7.59. The van der Waals surface area contributed by atoms with E-state index in [-0.39, 0.29) is 23.0 Å². The number of hydrogen-bond acceptors (Lipinski definition) is 4. The van der Waals surface area contributed by atoms with E-state index in [0.717, 1.165) is 31.4 Å². The number of hydrogen-bond donors (Lipinski definition) is 3. The SMILES string of the molecule is CCCCCc1cc(O)c([C@@H]2CC(C)=CC[C@]23N=C3C)c(O)c1C(=O)O. The Kier molecular flexibility index (Phi) is 4.82. The minimum atomic E-state index is -1.15. The number of carbonyl (C=O) groups is 1. The maximum absolute atomic E-state index is 11.8. The molecule has 1 aliphatic carbocycles. The molecule has 0 radical (unpaired) electrons. The second kappa shape index (κ2) is 6.78. The van der Waals surface area contributed by atoms with Crippen LogP contribution >= 0.6 is 0 Å². The predicted molar refractivity (Wildman–Crippen MR) is 102 cm³/mol. The zero-order valence-electron chi connectivity index (χ0n) is 15.7. The Bertz CT molecular complexity index is 809. The van der Waals surface area contributed by atoms with E-state index in [1.807, 2.05) is 13.8 Å². The largest absolute Gasteiger partial charge is 0.508 e. The molecule has 1 aromatic carbocycles. The fourth-order valence-electron chi connectivity index (χ4n) is 4.25. The molecule has 0 saturated heterocycles. The Morgan fingerprint density at radius 2 is 2.00 bits per heavy atom. The highest BCUT2D eigenvalue weighted by atomic mass is 16.4. The molecule has 2 aliphatic rings. The number of rotatable bonds is 6. The number of aromatic carboxylic acids is 1. The molecule has 5 nitrogen and oxygen atoms in total. The quantitative estimate of drug-likeness (QED) is 0.514. The first kappa shape index (κ1) is 18.5. The summed E-state index contributed by atoms with van der Waals surface area (Å²) in [6.45, 7) is 6.04. The fraction of sp³-hybridized carbons (Fsp3) is 0.524. The van der Waals surface area contributed by atoms with Gasteiger partial charge in [0, 0.05) is 17.2 Å². The zero-order valence-corrected chi connectivity index (χ0v) is 15.7. The van der Waals surface area contributed by atoms with Gasteiger partial charge in [0.1, 0.15) is 22.6 Å². The average molecular weight is 357 g/mol. The van der Waals surface area contributed by atoms with Gasteiger partial charge in [0.2, 0.25) is 0 Å². The molecule has 1 spiro atoms. The number of benzene rings is 1. The van der Waals surface area contributed by atoms with Gasteiger partial charge in [-0.25, -0.2) is 4.79 Å². The molecule has 0 fully saturated rings. The molecular formula is C21H27NO4. The summed E-state index contributed by atoms with van der Waals surface area (Å²) >= 11 is 0. The van der Waals surface area contributed by atoms with E-state index in [0.29, 0.717) is 24.0 Å².